The van der Waals surface area contributed by atoms with Crippen LogP contribution in [0.5, 0.6) is 5.75 Å². The Morgan fingerprint density at radius 3 is 2.23 bits per heavy atom. The van der Waals surface area contributed by atoms with Crippen molar-refractivity contribution < 1.29 is 23.8 Å². The van der Waals surface area contributed by atoms with Crippen LogP contribution in [0.1, 0.15) is 53.5 Å². The van der Waals surface area contributed by atoms with Gasteiger partial charge in [-0.25, -0.2) is 9.59 Å². The Labute approximate surface area is 244 Å². The highest BCUT2D eigenvalue weighted by Gasteiger charge is 2.21. The predicted octanol–water partition coefficient (Wildman–Crippen LogP) is 7.79. The number of alkyl carbamates (subject to hydrolysis) is 1. The van der Waals surface area contributed by atoms with Crippen molar-refractivity contribution in [3.8, 4) is 5.75 Å². The zero-order valence-corrected chi connectivity index (χ0v) is 25.6. The molecule has 2 rings (SSSR count). The van der Waals surface area contributed by atoms with E-state index >= 15 is 0 Å². The molecular formula is C33H45NO5S. The summed E-state index contributed by atoms with van der Waals surface area (Å²) in [6.45, 7) is 17.3. The van der Waals surface area contributed by atoms with Gasteiger partial charge in [0.05, 0.1) is 6.54 Å². The van der Waals surface area contributed by atoms with E-state index in [-0.39, 0.29) is 19.8 Å². The molecule has 1 N–H and O–H groups in total. The topological polar surface area (TPSA) is 73.9 Å². The monoisotopic (exact) mass is 567 g/mol. The summed E-state index contributed by atoms with van der Waals surface area (Å²) in [7, 11) is 0. The Kier molecular flexibility index (Phi) is 14.4. The number of hydrogen-bond donors (Lipinski definition) is 1. The van der Waals surface area contributed by atoms with Gasteiger partial charge in [-0.15, -0.1) is 11.8 Å². The van der Waals surface area contributed by atoms with Crippen LogP contribution in [0.2, 0.25) is 0 Å². The van der Waals surface area contributed by atoms with Crippen LogP contribution in [0.25, 0.3) is 5.57 Å². The first-order valence-corrected chi connectivity index (χ1v) is 15.0. The fraction of sp³-hybridized carbons (Fsp3) is 0.455. The molecule has 0 spiro atoms. The molecule has 0 aliphatic heterocycles. The molecule has 0 radical (unpaired) electrons. The third-order valence-corrected chi connectivity index (χ3v) is 7.63. The molecule has 0 saturated carbocycles. The Bertz CT molecular complexity index is 1100. The second-order valence-electron chi connectivity index (χ2n) is 10.3. The van der Waals surface area contributed by atoms with Gasteiger partial charge in [0.15, 0.2) is 0 Å². The number of esters is 1. The van der Waals surface area contributed by atoms with E-state index in [0.717, 1.165) is 23.1 Å². The Morgan fingerprint density at radius 1 is 0.975 bits per heavy atom. The molecule has 2 aromatic carbocycles. The van der Waals surface area contributed by atoms with E-state index in [1.54, 1.807) is 11.8 Å². The first kappa shape index (κ1) is 33.0. The van der Waals surface area contributed by atoms with Crippen molar-refractivity contribution in [2.45, 2.75) is 59.0 Å². The molecule has 2 atom stereocenters. The van der Waals surface area contributed by atoms with Crippen LogP contribution in [-0.4, -0.2) is 43.7 Å². The lowest BCUT2D eigenvalue weighted by molar-refractivity contribution is -0.137. The largest absolute Gasteiger partial charge is 0.490 e. The van der Waals surface area contributed by atoms with Gasteiger partial charge in [0.2, 0.25) is 0 Å². The molecule has 0 aliphatic rings. The minimum absolute atomic E-state index is 0.0363. The number of allylic oxidation sites excluding steroid dienone is 2. The molecule has 0 heterocycles. The van der Waals surface area contributed by atoms with Gasteiger partial charge in [0, 0.05) is 16.7 Å². The van der Waals surface area contributed by atoms with Crippen molar-refractivity contribution in [2.75, 3.05) is 25.5 Å². The van der Waals surface area contributed by atoms with Crippen LogP contribution in [0.3, 0.4) is 0 Å². The quantitative estimate of drug-likeness (QED) is 0.0966. The van der Waals surface area contributed by atoms with E-state index in [1.165, 1.54) is 16.7 Å². The lowest BCUT2D eigenvalue weighted by atomic mass is 9.79. The van der Waals surface area contributed by atoms with Crippen LogP contribution in [-0.2, 0) is 14.3 Å². The van der Waals surface area contributed by atoms with Crippen LogP contribution >= 0.6 is 11.8 Å². The zero-order valence-electron chi connectivity index (χ0n) is 24.8. The first-order chi connectivity index (χ1) is 19.2. The fourth-order valence-electron chi connectivity index (χ4n) is 4.50. The fourth-order valence-corrected chi connectivity index (χ4v) is 5.39. The SMILES string of the molecule is C=CC(=O)OCCNC(=O)OC(COc1ccc(/C(=C(/C(C)C)C(C)CC)C(C)C)cc1)CSc1ccccc1. The molecule has 218 valence electrons. The second-order valence-corrected chi connectivity index (χ2v) is 11.4. The summed E-state index contributed by atoms with van der Waals surface area (Å²) in [5, 5.41) is 2.61. The van der Waals surface area contributed by atoms with E-state index in [0.29, 0.717) is 23.5 Å². The van der Waals surface area contributed by atoms with E-state index in [2.05, 4.69) is 65.6 Å². The van der Waals surface area contributed by atoms with Gasteiger partial charge >= 0.3 is 12.1 Å². The summed E-state index contributed by atoms with van der Waals surface area (Å²) < 4.78 is 16.6. The highest BCUT2D eigenvalue weighted by atomic mass is 32.2. The first-order valence-electron chi connectivity index (χ1n) is 14.0. The standard InChI is InChI=1S/C33H45NO5S/c1-8-25(7)31(23(3)4)32(24(5)6)26-15-17-27(18-16-26)38-21-28(22-40-29-13-11-10-12-14-29)39-33(36)34-19-20-37-30(35)9-2/h9-18,23-25,28H,2,8,19-22H2,1,3-7H3,(H,34,36)/b32-31-. The molecular weight excluding hydrogens is 522 g/mol. The summed E-state index contributed by atoms with van der Waals surface area (Å²) >= 11 is 1.59. The Morgan fingerprint density at radius 2 is 1.65 bits per heavy atom. The second kappa shape index (κ2) is 17.5. The minimum atomic E-state index is -0.592. The Balaban J connectivity index is 2.09. The number of carbonyl (C=O) groups excluding carboxylic acids is 2. The highest BCUT2D eigenvalue weighted by molar-refractivity contribution is 7.99. The zero-order chi connectivity index (χ0) is 29.5. The van der Waals surface area contributed by atoms with Gasteiger partial charge in [-0.2, -0.15) is 0 Å². The van der Waals surface area contributed by atoms with Gasteiger partial charge in [0.25, 0.3) is 0 Å². The van der Waals surface area contributed by atoms with Crippen LogP contribution < -0.4 is 10.1 Å². The van der Waals surface area contributed by atoms with Crippen molar-refractivity contribution in [2.24, 2.45) is 17.8 Å². The molecule has 0 fully saturated rings. The highest BCUT2D eigenvalue weighted by Crippen LogP contribution is 2.36. The summed E-state index contributed by atoms with van der Waals surface area (Å²) in [5.74, 6) is 2.11. The van der Waals surface area contributed by atoms with Gasteiger partial charge < -0.3 is 19.5 Å². The minimum Gasteiger partial charge on any atom is -0.490 e. The number of nitrogens with one attached hydrogen (secondary N) is 1. The third-order valence-electron chi connectivity index (χ3n) is 6.49. The maximum atomic E-state index is 12.4. The Hall–Kier alpha value is -3.19. The molecule has 0 aromatic heterocycles. The lowest BCUT2D eigenvalue weighted by Gasteiger charge is -2.26. The normalized spacial score (nSPS) is 13.3. The smallest absolute Gasteiger partial charge is 0.407 e. The van der Waals surface area contributed by atoms with E-state index in [4.69, 9.17) is 14.2 Å². The molecule has 7 heteroatoms. The van der Waals surface area contributed by atoms with Gasteiger partial charge in [0.1, 0.15) is 25.1 Å². The number of hydrogen-bond acceptors (Lipinski definition) is 6. The van der Waals surface area contributed by atoms with Crippen molar-refractivity contribution in [3.05, 3.63) is 78.4 Å². The lowest BCUT2D eigenvalue weighted by Crippen LogP contribution is -2.35. The summed E-state index contributed by atoms with van der Waals surface area (Å²) in [6.07, 6.45) is 1.10. The number of ether oxygens (including phenoxy) is 3. The molecule has 0 saturated heterocycles. The molecule has 6 nitrogen and oxygen atoms in total. The van der Waals surface area contributed by atoms with Crippen molar-refractivity contribution in [3.63, 3.8) is 0 Å². The molecule has 0 aliphatic carbocycles. The third kappa shape index (κ3) is 11.1. The van der Waals surface area contributed by atoms with Gasteiger partial charge in [-0.1, -0.05) is 84.0 Å². The van der Waals surface area contributed by atoms with Crippen molar-refractivity contribution in [1.29, 1.82) is 0 Å². The predicted molar refractivity (Wildman–Crippen MR) is 165 cm³/mol. The van der Waals surface area contributed by atoms with Crippen LogP contribution in [0.15, 0.2) is 77.7 Å². The van der Waals surface area contributed by atoms with Gasteiger partial charge in [-0.05, 0) is 59.6 Å². The average molecular weight is 568 g/mol. The van der Waals surface area contributed by atoms with E-state index in [9.17, 15) is 9.59 Å². The maximum absolute atomic E-state index is 12.4. The molecule has 2 aromatic rings. The number of benzene rings is 2. The number of thioether (sulfide) groups is 1. The molecule has 1 amide bonds. The maximum Gasteiger partial charge on any atom is 0.407 e. The summed E-state index contributed by atoms with van der Waals surface area (Å²) in [6, 6.07) is 18.2. The molecule has 2 unspecified atom stereocenters. The summed E-state index contributed by atoms with van der Waals surface area (Å²) in [5.41, 5.74) is 4.14. The van der Waals surface area contributed by atoms with Crippen molar-refractivity contribution >= 4 is 29.4 Å². The van der Waals surface area contributed by atoms with Crippen LogP contribution in [0.4, 0.5) is 4.79 Å². The molecule has 0 bridgehead atoms. The van der Waals surface area contributed by atoms with Gasteiger partial charge in [-0.3, -0.25) is 0 Å². The number of rotatable bonds is 16. The van der Waals surface area contributed by atoms with E-state index in [1.807, 2.05) is 42.5 Å². The summed E-state index contributed by atoms with van der Waals surface area (Å²) in [4.78, 5) is 24.7. The average Bonchev–Trinajstić information content (AvgIpc) is 2.95. The number of carbonyl (C=O) groups is 2. The van der Waals surface area contributed by atoms with E-state index < -0.39 is 18.2 Å². The molecule has 40 heavy (non-hydrogen) atoms. The van der Waals surface area contributed by atoms with Crippen LogP contribution in [0, 0.1) is 17.8 Å². The number of amides is 1. The van der Waals surface area contributed by atoms with Crippen molar-refractivity contribution in [1.82, 2.24) is 5.32 Å².